The van der Waals surface area contributed by atoms with E-state index < -0.39 is 0 Å². The minimum absolute atomic E-state index is 0.0639. The Hall–Kier alpha value is -18.9. The second-order valence-corrected chi connectivity index (χ2v) is 41.0. The van der Waals surface area contributed by atoms with Gasteiger partial charge in [0.05, 0.1) is 55.2 Å². The molecule has 0 N–H and O–H groups in total. The highest BCUT2D eigenvalue weighted by Gasteiger charge is 2.38. The van der Waals surface area contributed by atoms with Crippen LogP contribution in [-0.4, -0.2) is 22.8 Å². The summed E-state index contributed by atoms with van der Waals surface area (Å²) in [6, 6.07) is 198. The first kappa shape index (κ1) is 87.8. The van der Waals surface area contributed by atoms with Crippen LogP contribution in [0.1, 0.15) is 49.9 Å². The maximum absolute atomic E-state index is 2.45. The van der Waals surface area contributed by atoms with Crippen molar-refractivity contribution in [1.29, 1.82) is 0 Å². The van der Waals surface area contributed by atoms with E-state index in [1.807, 2.05) is 0 Å². The van der Waals surface area contributed by atoms with Gasteiger partial charge in [0.2, 0.25) is 0 Å². The van der Waals surface area contributed by atoms with Crippen LogP contribution in [0.5, 0.6) is 0 Å². The highest BCUT2D eigenvalue weighted by molar-refractivity contribution is 6.14. The lowest BCUT2D eigenvalue weighted by molar-refractivity contribution is 0.660. The second kappa shape index (κ2) is 35.5. The molecule has 23 aromatic carbocycles. The highest BCUT2D eigenvalue weighted by atomic mass is 15.0. The smallest absolute Gasteiger partial charge is 0.0541 e. The molecule has 0 unspecified atom stereocenters. The zero-order valence-corrected chi connectivity index (χ0v) is 83.1. The molecule has 5 nitrogen and oxygen atoms in total. The highest BCUT2D eigenvalue weighted by Crippen LogP contribution is 2.54. The van der Waals surface area contributed by atoms with Gasteiger partial charge >= 0.3 is 0 Å². The molecule has 28 aromatic rings. The van der Waals surface area contributed by atoms with Crippen molar-refractivity contribution in [1.82, 2.24) is 22.8 Å². The van der Waals surface area contributed by atoms with Gasteiger partial charge in [-0.05, 0) is 303 Å². The van der Waals surface area contributed by atoms with Gasteiger partial charge in [-0.2, -0.15) is 0 Å². The molecular formula is C144H101N5. The normalized spacial score (nSPS) is 12.7. The molecule has 5 heterocycles. The van der Waals surface area contributed by atoms with E-state index in [0.29, 0.717) is 0 Å². The van der Waals surface area contributed by atoms with Gasteiger partial charge in [-0.3, -0.25) is 0 Å². The maximum atomic E-state index is 2.45. The fourth-order valence-electron chi connectivity index (χ4n) is 24.6. The third-order valence-electron chi connectivity index (χ3n) is 31.8. The van der Waals surface area contributed by atoms with Gasteiger partial charge in [-0.25, -0.2) is 0 Å². The van der Waals surface area contributed by atoms with Crippen LogP contribution in [0.4, 0.5) is 0 Å². The SMILES string of the molecule is CC1(C)c2ccccc2-c2ccc(-c3cc(-c4ccc(-n5c6ccccc6c6ccccc65)cc4)cc(-c4ccc5c(c4)C(C)(C)c4ccccc4-5)c3)cc21.c1ccc(-c2cc(-c3cc(-c4ccccc4)cc(-n4c5ccccc5c5ccccc54)c3)cc(-n3c4ccccc4c4ccccc43)c2)cc1.c1ccc(-c2cc(-c3ccc(-n4c5ccccc5c5ccccc54)cc3)cc(-n3c4ccccc4c4ccccc43)c2)cc1. The van der Waals surface area contributed by atoms with E-state index in [1.54, 1.807) is 0 Å². The topological polar surface area (TPSA) is 24.6 Å². The molecule has 0 saturated heterocycles. The second-order valence-electron chi connectivity index (χ2n) is 41.0. The molecule has 5 heteroatoms. The number of hydrogen-bond acceptors (Lipinski definition) is 0. The average Bonchev–Trinajstić information content (AvgIpc) is 1.55. The van der Waals surface area contributed by atoms with Crippen LogP contribution >= 0.6 is 0 Å². The molecule has 30 rings (SSSR count). The third kappa shape index (κ3) is 14.8. The van der Waals surface area contributed by atoms with Crippen molar-refractivity contribution in [3.05, 3.63) is 562 Å². The van der Waals surface area contributed by atoms with Crippen molar-refractivity contribution in [2.45, 2.75) is 38.5 Å². The molecule has 5 aromatic heterocycles. The Kier molecular flexibility index (Phi) is 20.9. The molecule has 0 radical (unpaired) electrons. The molecule has 2 aliphatic rings. The van der Waals surface area contributed by atoms with Gasteiger partial charge in [0.15, 0.2) is 0 Å². The summed E-state index contributed by atoms with van der Waals surface area (Å²) in [5.41, 5.74) is 48.0. The zero-order valence-electron chi connectivity index (χ0n) is 83.1. The number of aromatic nitrogens is 5. The summed E-state index contributed by atoms with van der Waals surface area (Å²) in [6.45, 7) is 9.47. The van der Waals surface area contributed by atoms with Crippen LogP contribution in [0.2, 0.25) is 0 Å². The molecule has 0 atom stereocenters. The first-order valence-corrected chi connectivity index (χ1v) is 51.8. The summed E-state index contributed by atoms with van der Waals surface area (Å²) in [5, 5.41) is 12.7. The largest absolute Gasteiger partial charge is 0.309 e. The first-order chi connectivity index (χ1) is 73.4. The van der Waals surface area contributed by atoms with E-state index >= 15 is 0 Å². The fraction of sp³-hybridized carbons (Fsp3) is 0.0417. The number of para-hydroxylation sites is 10. The van der Waals surface area contributed by atoms with Gasteiger partial charge in [-0.15, -0.1) is 0 Å². The molecule has 0 spiro atoms. The number of fused-ring (bicyclic) bond motifs is 21. The summed E-state index contributed by atoms with van der Waals surface area (Å²) >= 11 is 0. The Bertz CT molecular complexity index is 9610. The predicted molar refractivity (Wildman–Crippen MR) is 630 cm³/mol. The summed E-state index contributed by atoms with van der Waals surface area (Å²) in [6.07, 6.45) is 0. The molecule has 2 aliphatic carbocycles. The Balaban J connectivity index is 0.000000108. The third-order valence-corrected chi connectivity index (χ3v) is 31.8. The van der Waals surface area contributed by atoms with Crippen LogP contribution in [0.25, 0.3) is 249 Å². The van der Waals surface area contributed by atoms with E-state index in [1.165, 1.54) is 248 Å². The first-order valence-electron chi connectivity index (χ1n) is 51.8. The van der Waals surface area contributed by atoms with E-state index in [-0.39, 0.29) is 10.8 Å². The number of benzene rings is 23. The standard InChI is InChI=1S/C54H41N.C48H32N2.C42H28N2/c1-53(2)47-17-9-5-13-41(47)43-27-23-35(32-49(43)53)38-29-37(30-39(31-38)36-24-28-44-42-14-6-10-18-48(42)54(3,4)50(44)33-36)34-21-25-40(26-22-34)55-51-19-11-7-15-45(51)46-16-8-12-20-52(46)55;1-3-15-33(16-4-1)35-27-37(31-39(29-35)49-45-23-11-7-19-41(45)42-20-8-12-24-46(42)49)38-28-36(34-17-5-2-6-18-34)30-40(32-38)50-47-25-13-9-21-43(47)44-22-10-14-26-48(44)50;1-2-12-29(13-3-1)31-26-32(28-34(27-31)44-41-20-10-6-16-37(41)38-17-7-11-21-42(38)44)30-22-24-33(25-23-30)43-39-18-8-4-14-35(39)36-15-5-9-19-40(36)43/h5-33H,1-4H3;1-32H;1-28H. The summed E-state index contributed by atoms with van der Waals surface area (Å²) < 4.78 is 12.0. The molecule has 0 aliphatic heterocycles. The van der Waals surface area contributed by atoms with Crippen molar-refractivity contribution < 1.29 is 0 Å². The van der Waals surface area contributed by atoms with E-state index in [2.05, 4.69) is 590 Å². The van der Waals surface area contributed by atoms with Crippen molar-refractivity contribution >= 4 is 109 Å². The van der Waals surface area contributed by atoms with Crippen LogP contribution in [0.15, 0.2) is 540 Å². The quantitative estimate of drug-likeness (QED) is 0.110. The summed E-state index contributed by atoms with van der Waals surface area (Å²) in [5.74, 6) is 0. The van der Waals surface area contributed by atoms with E-state index in [0.717, 1.165) is 22.7 Å². The van der Waals surface area contributed by atoms with Crippen molar-refractivity contribution in [2.24, 2.45) is 0 Å². The van der Waals surface area contributed by atoms with Crippen LogP contribution in [-0.2, 0) is 10.8 Å². The van der Waals surface area contributed by atoms with Gasteiger partial charge in [0, 0.05) is 93.1 Å². The van der Waals surface area contributed by atoms with Crippen molar-refractivity contribution in [2.75, 3.05) is 0 Å². The summed E-state index contributed by atoms with van der Waals surface area (Å²) in [4.78, 5) is 0. The Labute approximate surface area is 866 Å². The average molecular weight is 1900 g/mol. The van der Waals surface area contributed by atoms with Gasteiger partial charge < -0.3 is 22.8 Å². The lowest BCUT2D eigenvalue weighted by atomic mass is 9.81. The number of nitrogens with zero attached hydrogens (tertiary/aromatic N) is 5. The lowest BCUT2D eigenvalue weighted by Crippen LogP contribution is -2.15. The minimum atomic E-state index is -0.0639. The zero-order chi connectivity index (χ0) is 99.1. The molecule has 702 valence electrons. The predicted octanol–water partition coefficient (Wildman–Crippen LogP) is 38.5. The minimum Gasteiger partial charge on any atom is -0.309 e. The van der Waals surface area contributed by atoms with Crippen LogP contribution in [0.3, 0.4) is 0 Å². The van der Waals surface area contributed by atoms with E-state index in [4.69, 9.17) is 0 Å². The molecule has 149 heavy (non-hydrogen) atoms. The van der Waals surface area contributed by atoms with Crippen LogP contribution in [0, 0.1) is 0 Å². The molecule has 0 bridgehead atoms. The Morgan fingerprint density at radius 2 is 0.282 bits per heavy atom. The monoisotopic (exact) mass is 1900 g/mol. The van der Waals surface area contributed by atoms with Gasteiger partial charge in [0.25, 0.3) is 0 Å². The number of rotatable bonds is 13. The van der Waals surface area contributed by atoms with Gasteiger partial charge in [0.1, 0.15) is 0 Å². The maximum Gasteiger partial charge on any atom is 0.0541 e. The molecule has 0 fully saturated rings. The molecule has 0 saturated carbocycles. The van der Waals surface area contributed by atoms with Crippen molar-refractivity contribution in [3.8, 4) is 140 Å². The molecule has 0 amide bonds. The van der Waals surface area contributed by atoms with Crippen molar-refractivity contribution in [3.63, 3.8) is 0 Å². The number of hydrogen-bond donors (Lipinski definition) is 0. The van der Waals surface area contributed by atoms with Gasteiger partial charge in [-0.1, -0.05) is 398 Å². The lowest BCUT2D eigenvalue weighted by Gasteiger charge is -2.22. The fourth-order valence-corrected chi connectivity index (χ4v) is 24.6. The Morgan fingerprint density at radius 1 is 0.114 bits per heavy atom. The van der Waals surface area contributed by atoms with Crippen LogP contribution < -0.4 is 0 Å². The summed E-state index contributed by atoms with van der Waals surface area (Å²) in [7, 11) is 0. The Morgan fingerprint density at radius 3 is 0.523 bits per heavy atom. The van der Waals surface area contributed by atoms with E-state index in [9.17, 15) is 0 Å². The molecular weight excluding hydrogens is 1800 g/mol.